The van der Waals surface area contributed by atoms with Gasteiger partial charge in [-0.25, -0.2) is 0 Å². The van der Waals surface area contributed by atoms with Crippen LogP contribution >= 0.6 is 0 Å². The summed E-state index contributed by atoms with van der Waals surface area (Å²) >= 11 is 0. The average molecular weight is 244 g/mol. The van der Waals surface area contributed by atoms with Gasteiger partial charge in [0.1, 0.15) is 0 Å². The van der Waals surface area contributed by atoms with Crippen molar-refractivity contribution in [3.8, 4) is 0 Å². The summed E-state index contributed by atoms with van der Waals surface area (Å²) in [6, 6.07) is 9.56. The SMILES string of the molecule is CNC(C)Cc1ccc2ccn(CC(C)C)c2c1. The van der Waals surface area contributed by atoms with Gasteiger partial charge in [0.05, 0.1) is 0 Å². The molecular weight excluding hydrogens is 220 g/mol. The van der Waals surface area contributed by atoms with E-state index in [2.05, 4.69) is 61.1 Å². The van der Waals surface area contributed by atoms with Crippen molar-refractivity contribution < 1.29 is 0 Å². The molecule has 1 N–H and O–H groups in total. The first-order valence-electron chi connectivity index (χ1n) is 6.85. The fraction of sp³-hybridized carbons (Fsp3) is 0.500. The van der Waals surface area contributed by atoms with E-state index in [4.69, 9.17) is 0 Å². The van der Waals surface area contributed by atoms with Gasteiger partial charge in [0, 0.05) is 24.3 Å². The highest BCUT2D eigenvalue weighted by molar-refractivity contribution is 5.80. The van der Waals surface area contributed by atoms with E-state index in [1.165, 1.54) is 16.5 Å². The van der Waals surface area contributed by atoms with Crippen molar-refractivity contribution >= 4 is 10.9 Å². The second kappa shape index (κ2) is 5.57. The molecule has 0 aliphatic rings. The molecule has 1 heterocycles. The normalized spacial score (nSPS) is 13.4. The minimum Gasteiger partial charge on any atom is -0.347 e. The van der Waals surface area contributed by atoms with Crippen LogP contribution in [0.5, 0.6) is 0 Å². The maximum Gasteiger partial charge on any atom is 0.0483 e. The first-order chi connectivity index (χ1) is 8.60. The molecule has 1 aromatic heterocycles. The molecule has 18 heavy (non-hydrogen) atoms. The first-order valence-corrected chi connectivity index (χ1v) is 6.85. The standard InChI is InChI=1S/C16H24N2/c1-12(2)11-18-8-7-15-6-5-14(10-16(15)18)9-13(3)17-4/h5-8,10,12-13,17H,9,11H2,1-4H3. The number of nitrogens with zero attached hydrogens (tertiary/aromatic N) is 1. The minimum atomic E-state index is 0.524. The molecular formula is C16H24N2. The van der Waals surface area contributed by atoms with E-state index in [9.17, 15) is 0 Å². The van der Waals surface area contributed by atoms with Crippen LogP contribution in [0.15, 0.2) is 30.5 Å². The highest BCUT2D eigenvalue weighted by atomic mass is 15.0. The van der Waals surface area contributed by atoms with Crippen LogP contribution in [-0.2, 0) is 13.0 Å². The molecule has 0 saturated heterocycles. The molecule has 1 atom stereocenters. The maximum atomic E-state index is 3.30. The lowest BCUT2D eigenvalue weighted by atomic mass is 10.1. The van der Waals surface area contributed by atoms with Gasteiger partial charge in [-0.2, -0.15) is 0 Å². The lowest BCUT2D eigenvalue weighted by Gasteiger charge is -2.12. The van der Waals surface area contributed by atoms with Crippen LogP contribution in [0.3, 0.4) is 0 Å². The Kier molecular flexibility index (Phi) is 4.07. The lowest BCUT2D eigenvalue weighted by molar-refractivity contribution is 0.535. The molecule has 2 heteroatoms. The van der Waals surface area contributed by atoms with E-state index in [0.29, 0.717) is 12.0 Å². The molecule has 0 aliphatic carbocycles. The molecule has 0 radical (unpaired) electrons. The van der Waals surface area contributed by atoms with E-state index in [1.54, 1.807) is 0 Å². The van der Waals surface area contributed by atoms with Crippen molar-refractivity contribution in [3.63, 3.8) is 0 Å². The molecule has 0 amide bonds. The van der Waals surface area contributed by atoms with E-state index in [-0.39, 0.29) is 0 Å². The van der Waals surface area contributed by atoms with Gasteiger partial charge in [0.2, 0.25) is 0 Å². The quantitative estimate of drug-likeness (QED) is 0.852. The largest absolute Gasteiger partial charge is 0.347 e. The number of fused-ring (bicyclic) bond motifs is 1. The number of aromatic nitrogens is 1. The predicted molar refractivity (Wildman–Crippen MR) is 79.0 cm³/mol. The smallest absolute Gasteiger partial charge is 0.0483 e. The zero-order valence-corrected chi connectivity index (χ0v) is 11.9. The second-order valence-corrected chi connectivity index (χ2v) is 5.65. The van der Waals surface area contributed by atoms with Crippen LogP contribution in [0.4, 0.5) is 0 Å². The van der Waals surface area contributed by atoms with Gasteiger partial charge in [0.25, 0.3) is 0 Å². The van der Waals surface area contributed by atoms with Crippen molar-refractivity contribution in [2.75, 3.05) is 7.05 Å². The summed E-state index contributed by atoms with van der Waals surface area (Å²) in [6.45, 7) is 7.84. The van der Waals surface area contributed by atoms with Crippen molar-refractivity contribution in [2.45, 2.75) is 39.8 Å². The summed E-state index contributed by atoms with van der Waals surface area (Å²) in [6.07, 6.45) is 3.29. The van der Waals surface area contributed by atoms with E-state index in [0.717, 1.165) is 13.0 Å². The third-order valence-corrected chi connectivity index (χ3v) is 3.43. The number of benzene rings is 1. The van der Waals surface area contributed by atoms with E-state index >= 15 is 0 Å². The summed E-state index contributed by atoms with van der Waals surface area (Å²) in [4.78, 5) is 0. The summed E-state index contributed by atoms with van der Waals surface area (Å²) in [5, 5.41) is 4.64. The fourth-order valence-corrected chi connectivity index (χ4v) is 2.36. The predicted octanol–water partition coefficient (Wildman–Crippen LogP) is 3.45. The third-order valence-electron chi connectivity index (χ3n) is 3.43. The van der Waals surface area contributed by atoms with Crippen LogP contribution in [0.2, 0.25) is 0 Å². The Morgan fingerprint density at radius 3 is 2.61 bits per heavy atom. The number of likely N-dealkylation sites (N-methyl/N-ethyl adjacent to an activating group) is 1. The highest BCUT2D eigenvalue weighted by Gasteiger charge is 2.06. The Morgan fingerprint density at radius 2 is 1.94 bits per heavy atom. The van der Waals surface area contributed by atoms with Crippen LogP contribution in [0, 0.1) is 5.92 Å². The van der Waals surface area contributed by atoms with Gasteiger partial charge >= 0.3 is 0 Å². The molecule has 1 unspecified atom stereocenters. The number of hydrogen-bond donors (Lipinski definition) is 1. The van der Waals surface area contributed by atoms with Gasteiger partial charge in [0.15, 0.2) is 0 Å². The third kappa shape index (κ3) is 2.94. The van der Waals surface area contributed by atoms with Crippen LogP contribution in [-0.4, -0.2) is 17.7 Å². The van der Waals surface area contributed by atoms with Crippen LogP contribution in [0.1, 0.15) is 26.3 Å². The van der Waals surface area contributed by atoms with Crippen molar-refractivity contribution in [3.05, 3.63) is 36.0 Å². The zero-order chi connectivity index (χ0) is 13.1. The Balaban J connectivity index is 2.30. The number of hydrogen-bond acceptors (Lipinski definition) is 1. The molecule has 98 valence electrons. The average Bonchev–Trinajstić information content (AvgIpc) is 2.71. The monoisotopic (exact) mass is 244 g/mol. The van der Waals surface area contributed by atoms with E-state index in [1.807, 2.05) is 7.05 Å². The molecule has 0 aliphatic heterocycles. The Morgan fingerprint density at radius 1 is 1.17 bits per heavy atom. The summed E-state index contributed by atoms with van der Waals surface area (Å²) < 4.78 is 2.37. The zero-order valence-electron chi connectivity index (χ0n) is 11.9. The molecule has 2 rings (SSSR count). The van der Waals surface area contributed by atoms with Crippen LogP contribution in [0.25, 0.3) is 10.9 Å². The molecule has 0 fully saturated rings. The Bertz CT molecular complexity index is 511. The minimum absolute atomic E-state index is 0.524. The van der Waals surface area contributed by atoms with Gasteiger partial charge in [-0.15, -0.1) is 0 Å². The van der Waals surface area contributed by atoms with Crippen LogP contribution < -0.4 is 5.32 Å². The molecule has 2 aromatic rings. The van der Waals surface area contributed by atoms with Gasteiger partial charge in [-0.3, -0.25) is 0 Å². The summed E-state index contributed by atoms with van der Waals surface area (Å²) in [5.41, 5.74) is 2.78. The summed E-state index contributed by atoms with van der Waals surface area (Å²) in [7, 11) is 2.02. The maximum absolute atomic E-state index is 3.30. The highest BCUT2D eigenvalue weighted by Crippen LogP contribution is 2.19. The summed E-state index contributed by atoms with van der Waals surface area (Å²) in [5.74, 6) is 0.681. The molecule has 0 bridgehead atoms. The number of nitrogens with one attached hydrogen (secondary N) is 1. The second-order valence-electron chi connectivity index (χ2n) is 5.65. The molecule has 0 spiro atoms. The van der Waals surface area contributed by atoms with Gasteiger partial charge in [-0.05, 0) is 49.4 Å². The molecule has 2 nitrogen and oxygen atoms in total. The molecule has 1 aromatic carbocycles. The lowest BCUT2D eigenvalue weighted by Crippen LogP contribution is -2.23. The Labute approximate surface area is 110 Å². The van der Waals surface area contributed by atoms with Crippen molar-refractivity contribution in [2.24, 2.45) is 5.92 Å². The molecule has 0 saturated carbocycles. The Hall–Kier alpha value is -1.28. The first kappa shape index (κ1) is 13.2. The van der Waals surface area contributed by atoms with Gasteiger partial charge < -0.3 is 9.88 Å². The van der Waals surface area contributed by atoms with Crippen molar-refractivity contribution in [1.29, 1.82) is 0 Å². The van der Waals surface area contributed by atoms with E-state index < -0.39 is 0 Å². The topological polar surface area (TPSA) is 17.0 Å². The number of rotatable bonds is 5. The van der Waals surface area contributed by atoms with Crippen molar-refractivity contribution in [1.82, 2.24) is 9.88 Å². The van der Waals surface area contributed by atoms with Gasteiger partial charge in [-0.1, -0.05) is 26.0 Å². The fourth-order valence-electron chi connectivity index (χ4n) is 2.36.